The highest BCUT2D eigenvalue weighted by Gasteiger charge is 2.42. The number of likely N-dealkylation sites (tertiary alicyclic amines) is 1. The number of carbonyl (C=O) groups is 2. The van der Waals surface area contributed by atoms with Gasteiger partial charge in [0.2, 0.25) is 0 Å². The maximum atomic E-state index is 13.4. The number of aryl methyl sites for hydroxylation is 2. The monoisotopic (exact) mass is 424 g/mol. The van der Waals surface area contributed by atoms with Gasteiger partial charge in [0.05, 0.1) is 11.7 Å². The molecule has 0 unspecified atom stereocenters. The van der Waals surface area contributed by atoms with E-state index in [1.54, 1.807) is 18.2 Å². The van der Waals surface area contributed by atoms with Crippen molar-refractivity contribution in [3.05, 3.63) is 76.1 Å². The summed E-state index contributed by atoms with van der Waals surface area (Å²) in [6.45, 7) is 3.70. The van der Waals surface area contributed by atoms with E-state index in [2.05, 4.69) is 5.16 Å². The van der Waals surface area contributed by atoms with Gasteiger partial charge < -0.3 is 14.5 Å². The van der Waals surface area contributed by atoms with Gasteiger partial charge in [-0.1, -0.05) is 47.1 Å². The second-order valence-corrected chi connectivity index (χ2v) is 7.86. The van der Waals surface area contributed by atoms with Crippen molar-refractivity contribution in [3.8, 4) is 11.1 Å². The lowest BCUT2D eigenvalue weighted by atomic mass is 10.0. The number of carboxylic acid groups (broad SMARTS) is 1. The minimum absolute atomic E-state index is 0.324. The zero-order valence-corrected chi connectivity index (χ0v) is 17.4. The first-order valence-electron chi connectivity index (χ1n) is 9.71. The summed E-state index contributed by atoms with van der Waals surface area (Å²) in [6.07, 6.45) is 0.928. The molecule has 7 heteroatoms. The Morgan fingerprint density at radius 2 is 1.80 bits per heavy atom. The number of rotatable bonds is 4. The number of carbonyl (C=O) groups excluding carboxylic acids is 1. The Hall–Kier alpha value is -3.12. The molecule has 1 aliphatic heterocycles. The fourth-order valence-corrected chi connectivity index (χ4v) is 4.47. The molecule has 0 bridgehead atoms. The van der Waals surface area contributed by atoms with Gasteiger partial charge in [0.1, 0.15) is 11.8 Å². The van der Waals surface area contributed by atoms with E-state index in [0.29, 0.717) is 29.2 Å². The topological polar surface area (TPSA) is 83.6 Å². The Labute approximate surface area is 179 Å². The molecule has 1 saturated heterocycles. The van der Waals surface area contributed by atoms with Gasteiger partial charge in [-0.05, 0) is 56.0 Å². The minimum Gasteiger partial charge on any atom is -0.480 e. The van der Waals surface area contributed by atoms with Crippen LogP contribution in [-0.4, -0.2) is 33.1 Å². The first-order valence-corrected chi connectivity index (χ1v) is 10.1. The van der Waals surface area contributed by atoms with Crippen molar-refractivity contribution in [1.29, 1.82) is 0 Å². The van der Waals surface area contributed by atoms with E-state index in [4.69, 9.17) is 16.1 Å². The van der Waals surface area contributed by atoms with Crippen molar-refractivity contribution >= 4 is 23.5 Å². The van der Waals surface area contributed by atoms with Crippen molar-refractivity contribution in [2.75, 3.05) is 0 Å². The molecule has 2 heterocycles. The summed E-state index contributed by atoms with van der Waals surface area (Å²) in [6, 6.07) is 13.1. The van der Waals surface area contributed by atoms with E-state index in [0.717, 1.165) is 22.4 Å². The summed E-state index contributed by atoms with van der Waals surface area (Å²) < 4.78 is 5.22. The van der Waals surface area contributed by atoms with Gasteiger partial charge in [0, 0.05) is 16.1 Å². The quantitative estimate of drug-likeness (QED) is 0.634. The summed E-state index contributed by atoms with van der Waals surface area (Å²) in [5.41, 5.74) is 3.75. The number of amides is 1. The van der Waals surface area contributed by atoms with Crippen LogP contribution >= 0.6 is 11.6 Å². The van der Waals surface area contributed by atoms with Gasteiger partial charge in [-0.25, -0.2) is 4.79 Å². The van der Waals surface area contributed by atoms with Crippen LogP contribution in [0, 0.1) is 13.8 Å². The third-order valence-electron chi connectivity index (χ3n) is 5.62. The van der Waals surface area contributed by atoms with Crippen molar-refractivity contribution in [1.82, 2.24) is 10.1 Å². The Bertz CT molecular complexity index is 1090. The fraction of sp³-hybridized carbons (Fsp3) is 0.261. The number of halogens is 1. The first-order chi connectivity index (χ1) is 14.4. The van der Waals surface area contributed by atoms with Crippen LogP contribution in [0.3, 0.4) is 0 Å². The SMILES string of the molecule is Cc1noc(C)c1-c1ccc(C(=O)N2[C@@H](c3ccccc3Cl)CC[C@H]2C(=O)O)cc1. The normalized spacial score (nSPS) is 18.6. The van der Waals surface area contributed by atoms with E-state index in [9.17, 15) is 14.7 Å². The van der Waals surface area contributed by atoms with E-state index < -0.39 is 12.0 Å². The van der Waals surface area contributed by atoms with Gasteiger partial charge in [0.15, 0.2) is 0 Å². The lowest BCUT2D eigenvalue weighted by molar-refractivity contribution is -0.141. The largest absolute Gasteiger partial charge is 0.480 e. The van der Waals surface area contributed by atoms with E-state index in [-0.39, 0.29) is 11.9 Å². The number of carboxylic acids is 1. The first kappa shape index (κ1) is 20.2. The summed E-state index contributed by atoms with van der Waals surface area (Å²) in [5, 5.41) is 14.2. The Balaban J connectivity index is 1.68. The number of aliphatic carboxylic acids is 1. The smallest absolute Gasteiger partial charge is 0.326 e. The molecule has 1 aromatic heterocycles. The van der Waals surface area contributed by atoms with Crippen molar-refractivity contribution in [3.63, 3.8) is 0 Å². The van der Waals surface area contributed by atoms with Crippen LogP contribution in [0.15, 0.2) is 53.1 Å². The highest BCUT2D eigenvalue weighted by Crippen LogP contribution is 2.40. The summed E-state index contributed by atoms with van der Waals surface area (Å²) in [7, 11) is 0. The molecule has 30 heavy (non-hydrogen) atoms. The molecule has 0 spiro atoms. The summed E-state index contributed by atoms with van der Waals surface area (Å²) in [4.78, 5) is 26.7. The number of benzene rings is 2. The van der Waals surface area contributed by atoms with Crippen LogP contribution in [0.5, 0.6) is 0 Å². The predicted molar refractivity (Wildman–Crippen MR) is 112 cm³/mol. The van der Waals surface area contributed by atoms with Crippen molar-refractivity contribution in [2.24, 2.45) is 0 Å². The second kappa shape index (κ2) is 7.95. The average Bonchev–Trinajstić information content (AvgIpc) is 3.31. The molecule has 0 saturated carbocycles. The minimum atomic E-state index is -1.01. The summed E-state index contributed by atoms with van der Waals surface area (Å²) >= 11 is 6.35. The van der Waals surface area contributed by atoms with E-state index in [1.165, 1.54) is 4.90 Å². The van der Waals surface area contributed by atoms with Gasteiger partial charge in [-0.2, -0.15) is 0 Å². The van der Waals surface area contributed by atoms with Crippen molar-refractivity contribution < 1.29 is 19.2 Å². The molecule has 1 aliphatic rings. The maximum Gasteiger partial charge on any atom is 0.326 e. The number of nitrogens with zero attached hydrogens (tertiary/aromatic N) is 2. The van der Waals surface area contributed by atoms with Gasteiger partial charge >= 0.3 is 5.97 Å². The average molecular weight is 425 g/mol. The van der Waals surface area contributed by atoms with Crippen LogP contribution in [0.4, 0.5) is 0 Å². The third kappa shape index (κ3) is 3.48. The zero-order valence-electron chi connectivity index (χ0n) is 16.6. The zero-order chi connectivity index (χ0) is 21.4. The Morgan fingerprint density at radius 1 is 1.10 bits per heavy atom. The molecule has 2 atom stereocenters. The number of aromatic nitrogens is 1. The van der Waals surface area contributed by atoms with Gasteiger partial charge in [0.25, 0.3) is 5.91 Å². The standard InChI is InChI=1S/C23H21ClN2O4/c1-13-21(14(2)30-25-13)15-7-9-16(10-8-15)22(27)26-19(11-12-20(26)23(28)29)17-5-3-4-6-18(17)24/h3-10,19-20H,11-12H2,1-2H3,(H,28,29)/t19-,20+/m1/s1. The van der Waals surface area contributed by atoms with E-state index in [1.807, 2.05) is 44.2 Å². The van der Waals surface area contributed by atoms with Gasteiger partial charge in [-0.3, -0.25) is 4.79 Å². The number of hydrogen-bond donors (Lipinski definition) is 1. The highest BCUT2D eigenvalue weighted by atomic mass is 35.5. The molecule has 2 aromatic carbocycles. The Morgan fingerprint density at radius 3 is 2.40 bits per heavy atom. The van der Waals surface area contributed by atoms with Crippen LogP contribution in [0.2, 0.25) is 5.02 Å². The maximum absolute atomic E-state index is 13.4. The second-order valence-electron chi connectivity index (χ2n) is 7.46. The van der Waals surface area contributed by atoms with Crippen molar-refractivity contribution in [2.45, 2.75) is 38.8 Å². The molecule has 0 aliphatic carbocycles. The molecular weight excluding hydrogens is 404 g/mol. The number of hydrogen-bond acceptors (Lipinski definition) is 4. The molecule has 3 aromatic rings. The highest BCUT2D eigenvalue weighted by molar-refractivity contribution is 6.31. The van der Waals surface area contributed by atoms with Crippen LogP contribution < -0.4 is 0 Å². The lowest BCUT2D eigenvalue weighted by Crippen LogP contribution is -2.41. The van der Waals surface area contributed by atoms with Gasteiger partial charge in [-0.15, -0.1) is 0 Å². The van der Waals surface area contributed by atoms with Crippen LogP contribution in [0.25, 0.3) is 11.1 Å². The molecule has 4 rings (SSSR count). The Kier molecular flexibility index (Phi) is 5.35. The molecule has 1 N–H and O–H groups in total. The van der Waals surface area contributed by atoms with Crippen LogP contribution in [-0.2, 0) is 4.79 Å². The van der Waals surface area contributed by atoms with E-state index >= 15 is 0 Å². The third-order valence-corrected chi connectivity index (χ3v) is 5.97. The molecule has 6 nitrogen and oxygen atoms in total. The molecule has 1 fully saturated rings. The fourth-order valence-electron chi connectivity index (χ4n) is 4.21. The summed E-state index contributed by atoms with van der Waals surface area (Å²) in [5.74, 6) is -0.628. The molecule has 1 amide bonds. The lowest BCUT2D eigenvalue weighted by Gasteiger charge is -2.29. The van der Waals surface area contributed by atoms with Crippen LogP contribution in [0.1, 0.15) is 46.3 Å². The molecule has 0 radical (unpaired) electrons. The molecular formula is C23H21ClN2O4. The molecule has 154 valence electrons. The predicted octanol–water partition coefficient (Wildman–Crippen LogP) is 5.04.